The molecule has 0 aliphatic heterocycles. The molecule has 3 heteroatoms. The highest BCUT2D eigenvalue weighted by Gasteiger charge is 2.30. The monoisotopic (exact) mass is 168 g/mol. The van der Waals surface area contributed by atoms with E-state index in [1.54, 1.807) is 0 Å². The maximum atomic E-state index is 11.7. The SMILES string of the molecule is [2H]OC(=O)C1([2H])C(C)C([2H])([2H])C([2H])(O[2H])C([2H])([2H])C1([2H])[2H]. The number of carboxylic acids is 1. The second kappa shape index (κ2) is 3.22. The summed E-state index contributed by atoms with van der Waals surface area (Å²) >= 11 is 0. The molecule has 2 N–H and O–H groups in total. The minimum atomic E-state index is -3.55. The molecule has 3 atom stereocenters. The molecule has 1 saturated carbocycles. The van der Waals surface area contributed by atoms with E-state index in [-0.39, 0.29) is 0 Å². The Hall–Kier alpha value is -0.570. The number of rotatable bonds is 2. The van der Waals surface area contributed by atoms with Crippen LogP contribution in [0.25, 0.3) is 1.43 Å². The van der Waals surface area contributed by atoms with Crippen molar-refractivity contribution in [3.63, 3.8) is 0 Å². The third-order valence-corrected chi connectivity index (χ3v) is 1.31. The van der Waals surface area contributed by atoms with Crippen molar-refractivity contribution < 1.29 is 26.0 Å². The van der Waals surface area contributed by atoms with Gasteiger partial charge in [-0.1, -0.05) is 6.92 Å². The zero-order chi connectivity index (χ0) is 17.1. The minimum Gasteiger partial charge on any atom is -0.481 e. The van der Waals surface area contributed by atoms with Gasteiger partial charge < -0.3 is 10.2 Å². The van der Waals surface area contributed by atoms with Crippen LogP contribution in [0.3, 0.4) is 0 Å². The van der Waals surface area contributed by atoms with Gasteiger partial charge in [0.1, 0.15) is 0 Å². The molecule has 0 spiro atoms. The van der Waals surface area contributed by atoms with Crippen LogP contribution in [0.4, 0.5) is 0 Å². The van der Waals surface area contributed by atoms with Crippen LogP contribution in [-0.4, -0.2) is 23.7 Å². The first-order chi connectivity index (χ1) is 9.20. The van der Waals surface area contributed by atoms with Crippen LogP contribution in [0.15, 0.2) is 0 Å². The number of hydrogen-bond acceptors (Lipinski definition) is 3. The van der Waals surface area contributed by atoms with Gasteiger partial charge in [-0.2, -0.15) is 0 Å². The van der Waals surface area contributed by atoms with E-state index in [0.29, 0.717) is 0 Å². The van der Waals surface area contributed by atoms with E-state index < -0.39 is 43.0 Å². The molecule has 1 aliphatic carbocycles. The van der Waals surface area contributed by atoms with E-state index in [2.05, 4.69) is 10.2 Å². The molecule has 1 aliphatic rings. The van der Waals surface area contributed by atoms with E-state index in [4.69, 9.17) is 13.8 Å². The van der Waals surface area contributed by atoms with Crippen LogP contribution in [-0.2, 0) is 4.79 Å². The van der Waals surface area contributed by atoms with Crippen LogP contribution in [0, 0.1) is 11.8 Å². The molecule has 0 radical (unpaired) electrons. The van der Waals surface area contributed by atoms with Crippen LogP contribution in [0.5, 0.6) is 0 Å². The predicted octanol–water partition coefficient (Wildman–Crippen LogP) is 0.868. The van der Waals surface area contributed by atoms with Crippen LogP contribution < -0.4 is 0 Å². The average Bonchev–Trinajstić information content (AvgIpc) is 2.41. The smallest absolute Gasteiger partial charge is 0.306 e. The minimum absolute atomic E-state index is 0.902. The number of carboxylic acid groups (broad SMARTS) is 1. The summed E-state index contributed by atoms with van der Waals surface area (Å²) in [6, 6.07) is 0. The second-order valence-electron chi connectivity index (χ2n) is 2.15. The molecule has 11 heavy (non-hydrogen) atoms. The van der Waals surface area contributed by atoms with Gasteiger partial charge in [0, 0.05) is 9.60 Å². The molecule has 0 aromatic heterocycles. The molecule has 0 amide bonds. The third-order valence-electron chi connectivity index (χ3n) is 1.31. The number of aliphatic carboxylic acids is 1. The van der Waals surface area contributed by atoms with Crippen molar-refractivity contribution in [1.29, 1.82) is 2.86 Å². The Morgan fingerprint density at radius 3 is 3.27 bits per heavy atom. The zero-order valence-corrected chi connectivity index (χ0v) is 5.80. The van der Waals surface area contributed by atoms with Crippen molar-refractivity contribution in [1.82, 2.24) is 0 Å². The van der Waals surface area contributed by atoms with E-state index in [0.717, 1.165) is 6.92 Å². The standard InChI is InChI=1S/C8H14O3/c1-5-4-6(9)2-3-7(5)8(10)11/h5-7,9H,2-4H2,1H3,(H,10,11)/i2D2,3D2,4D2,6D,7D,9D/hD. The summed E-state index contributed by atoms with van der Waals surface area (Å²) in [4.78, 5) is 11.7. The molecule has 3 unspecified atom stereocenters. The summed E-state index contributed by atoms with van der Waals surface area (Å²) < 4.78 is 75.5. The molecule has 3 nitrogen and oxygen atoms in total. The molecule has 1 rings (SSSR count). The predicted molar refractivity (Wildman–Crippen MR) is 40.1 cm³/mol. The molecule has 64 valence electrons. The fourth-order valence-corrected chi connectivity index (χ4v) is 0.765. The highest BCUT2D eigenvalue weighted by atomic mass is 16.4. The summed E-state index contributed by atoms with van der Waals surface area (Å²) in [5.74, 6) is -6.85. The highest BCUT2D eigenvalue weighted by Crippen LogP contribution is 2.29. The van der Waals surface area contributed by atoms with Crippen LogP contribution in [0.2, 0.25) is 0 Å². The van der Waals surface area contributed by atoms with Gasteiger partial charge in [-0.25, -0.2) is 0 Å². The van der Waals surface area contributed by atoms with Gasteiger partial charge in [-0.05, 0) is 25.0 Å². The summed E-state index contributed by atoms with van der Waals surface area (Å²) in [6.45, 7) is 0.902. The Balaban J connectivity index is 3.75. The number of hydrogen-bond donors (Lipinski definition) is 2. The fraction of sp³-hybridized carbons (Fsp3) is 0.875. The van der Waals surface area contributed by atoms with Gasteiger partial charge in [-0.3, -0.25) is 4.79 Å². The normalized spacial score (nSPS) is 78.5. The zero-order valence-electron chi connectivity index (χ0n) is 15.8. The molecule has 0 aromatic carbocycles. The first kappa shape index (κ1) is 2.22. The van der Waals surface area contributed by atoms with E-state index in [9.17, 15) is 4.79 Å². The van der Waals surface area contributed by atoms with Gasteiger partial charge >= 0.3 is 5.97 Å². The molecule has 0 aromatic rings. The summed E-state index contributed by atoms with van der Waals surface area (Å²) in [6.07, 6.45) is -13.4. The van der Waals surface area contributed by atoms with Crippen molar-refractivity contribution in [2.75, 3.05) is 0 Å². The lowest BCUT2D eigenvalue weighted by Gasteiger charge is -2.28. The molecule has 0 saturated heterocycles. The first-order valence-corrected chi connectivity index (χ1v) is 3.02. The van der Waals surface area contributed by atoms with E-state index in [1.807, 2.05) is 0 Å². The Kier molecular flexibility index (Phi) is 0.650. The van der Waals surface area contributed by atoms with Gasteiger partial charge in [0.15, 0.2) is 0 Å². The average molecular weight is 168 g/mol. The lowest BCUT2D eigenvalue weighted by Crippen LogP contribution is -2.30. The summed E-state index contributed by atoms with van der Waals surface area (Å²) in [5, 5.41) is 7.45. The Morgan fingerprint density at radius 2 is 2.64 bits per heavy atom. The van der Waals surface area contributed by atoms with Crippen molar-refractivity contribution in [2.24, 2.45) is 11.8 Å². The second-order valence-corrected chi connectivity index (χ2v) is 2.15. The number of carbonyl (C=O) groups is 1. The van der Waals surface area contributed by atoms with E-state index >= 15 is 0 Å². The van der Waals surface area contributed by atoms with Crippen molar-refractivity contribution in [3.8, 4) is 0 Å². The topological polar surface area (TPSA) is 57.5 Å². The quantitative estimate of drug-likeness (QED) is 0.643. The van der Waals surface area contributed by atoms with Crippen molar-refractivity contribution >= 4 is 5.97 Å². The Bertz CT molecular complexity index is 454. The maximum Gasteiger partial charge on any atom is 0.306 e. The van der Waals surface area contributed by atoms with Crippen molar-refractivity contribution in [2.45, 2.75) is 32.1 Å². The fourth-order valence-electron chi connectivity index (χ4n) is 0.765. The van der Waals surface area contributed by atoms with Gasteiger partial charge in [0.2, 0.25) is 1.43 Å². The molecule has 0 bridgehead atoms. The highest BCUT2D eigenvalue weighted by molar-refractivity contribution is 5.70. The molecule has 0 heterocycles. The largest absolute Gasteiger partial charge is 0.481 e. The van der Waals surface area contributed by atoms with Crippen LogP contribution >= 0.6 is 0 Å². The third kappa shape index (κ3) is 1.93. The van der Waals surface area contributed by atoms with Gasteiger partial charge in [0.25, 0.3) is 1.43 Å². The first-order valence-electron chi connectivity index (χ1n) is 7.83. The maximum absolute atomic E-state index is 11.7. The Labute approximate surface area is 80.3 Å². The van der Waals surface area contributed by atoms with E-state index in [1.165, 1.54) is 0 Å². The summed E-state index contributed by atoms with van der Waals surface area (Å²) in [7, 11) is 0. The summed E-state index contributed by atoms with van der Waals surface area (Å²) in [5.41, 5.74) is 0. The molecular weight excluding hydrogens is 144 g/mol. The molecular formula is C8H14O3. The van der Waals surface area contributed by atoms with Gasteiger partial charge in [-0.15, -0.1) is 0 Å². The van der Waals surface area contributed by atoms with Crippen LogP contribution in [0.1, 0.15) is 37.0 Å². The lowest BCUT2D eigenvalue weighted by molar-refractivity contribution is -0.145. The number of aliphatic hydroxyl groups is 1. The Morgan fingerprint density at radius 1 is 1.82 bits per heavy atom. The van der Waals surface area contributed by atoms with Crippen molar-refractivity contribution in [3.05, 3.63) is 0 Å². The van der Waals surface area contributed by atoms with Gasteiger partial charge in [0.05, 0.1) is 13.3 Å². The lowest BCUT2D eigenvalue weighted by atomic mass is 9.79. The molecule has 1 fully saturated rings.